The Labute approximate surface area is 179 Å². The average Bonchev–Trinajstić information content (AvgIpc) is 3.45. The number of oxazole rings is 1. The molecular formula is C23H19FN2O4S. The quantitative estimate of drug-likeness (QED) is 0.384. The van der Waals surface area contributed by atoms with Crippen LogP contribution in [0.3, 0.4) is 0 Å². The van der Waals surface area contributed by atoms with Crippen molar-refractivity contribution in [1.29, 1.82) is 0 Å². The third-order valence-corrected chi connectivity index (χ3v) is 5.92. The summed E-state index contributed by atoms with van der Waals surface area (Å²) in [5.74, 6) is 0.292. The summed E-state index contributed by atoms with van der Waals surface area (Å²) in [7, 11) is -3.81. The molecule has 2 heterocycles. The Morgan fingerprint density at radius 1 is 0.968 bits per heavy atom. The maximum Gasteiger partial charge on any atom is 0.237 e. The molecule has 0 saturated carbocycles. The molecule has 0 aliphatic heterocycles. The lowest BCUT2D eigenvalue weighted by molar-refractivity contribution is 0.359. The highest BCUT2D eigenvalue weighted by molar-refractivity contribution is 7.92. The average molecular weight is 438 g/mol. The first-order chi connectivity index (χ1) is 15.0. The maximum atomic E-state index is 13.5. The lowest BCUT2D eigenvalue weighted by Gasteiger charge is -2.17. The lowest BCUT2D eigenvalue weighted by atomic mass is 10.2. The summed E-state index contributed by atoms with van der Waals surface area (Å²) in [5, 5.41) is 1.15. The van der Waals surface area contributed by atoms with Gasteiger partial charge in [-0.2, -0.15) is 4.31 Å². The van der Waals surface area contributed by atoms with Crippen LogP contribution >= 0.6 is 0 Å². The highest BCUT2D eigenvalue weighted by Crippen LogP contribution is 2.22. The first-order valence-electron chi connectivity index (χ1n) is 9.46. The highest BCUT2D eigenvalue weighted by atomic mass is 32.2. The van der Waals surface area contributed by atoms with E-state index >= 15 is 0 Å². The summed E-state index contributed by atoms with van der Waals surface area (Å²) in [6, 6.07) is 18.4. The molecular weight excluding hydrogens is 419 g/mol. The largest absolute Gasteiger partial charge is 0.468 e. The second kappa shape index (κ2) is 9.11. The molecule has 0 spiro atoms. The molecule has 0 bridgehead atoms. The molecule has 0 N–H and O–H groups in total. The molecule has 0 saturated heterocycles. The molecule has 0 unspecified atom stereocenters. The zero-order valence-corrected chi connectivity index (χ0v) is 17.2. The third kappa shape index (κ3) is 5.36. The van der Waals surface area contributed by atoms with Crippen molar-refractivity contribution in [2.45, 2.75) is 13.1 Å². The number of aromatic nitrogens is 1. The summed E-state index contributed by atoms with van der Waals surface area (Å²) in [4.78, 5) is 4.33. The Balaban J connectivity index is 1.59. The predicted molar refractivity (Wildman–Crippen MR) is 114 cm³/mol. The second-order valence-corrected chi connectivity index (χ2v) is 8.58. The van der Waals surface area contributed by atoms with Crippen LogP contribution in [0.15, 0.2) is 93.5 Å². The molecule has 0 fully saturated rings. The molecule has 0 atom stereocenters. The van der Waals surface area contributed by atoms with Crippen molar-refractivity contribution in [2.24, 2.45) is 0 Å². The van der Waals surface area contributed by atoms with Crippen LogP contribution in [-0.2, 0) is 23.1 Å². The van der Waals surface area contributed by atoms with Crippen LogP contribution in [0.1, 0.15) is 17.0 Å². The van der Waals surface area contributed by atoms with Crippen molar-refractivity contribution < 1.29 is 21.6 Å². The van der Waals surface area contributed by atoms with Gasteiger partial charge in [-0.3, -0.25) is 0 Å². The standard InChI is InChI=1S/C23H19FN2O4S/c24-20-9-4-8-19(14-20)23-25-21(17-30-23)15-26(16-22-10-5-12-29-22)31(27,28)13-11-18-6-2-1-3-7-18/h1-14,17H,15-16H2. The normalized spacial score (nSPS) is 12.1. The van der Waals surface area contributed by atoms with Crippen molar-refractivity contribution >= 4 is 16.1 Å². The Morgan fingerprint density at radius 3 is 2.55 bits per heavy atom. The number of nitrogens with zero attached hydrogens (tertiary/aromatic N) is 2. The van der Waals surface area contributed by atoms with Crippen LogP contribution in [0, 0.1) is 5.82 Å². The topological polar surface area (TPSA) is 76.6 Å². The van der Waals surface area contributed by atoms with Crippen LogP contribution < -0.4 is 0 Å². The van der Waals surface area contributed by atoms with Crippen molar-refractivity contribution in [3.05, 3.63) is 107 Å². The van der Waals surface area contributed by atoms with Gasteiger partial charge in [0.2, 0.25) is 15.9 Å². The molecule has 4 aromatic rings. The smallest absolute Gasteiger partial charge is 0.237 e. The van der Waals surface area contributed by atoms with Gasteiger partial charge in [0.05, 0.1) is 25.0 Å². The van der Waals surface area contributed by atoms with Crippen molar-refractivity contribution in [2.75, 3.05) is 0 Å². The van der Waals surface area contributed by atoms with Gasteiger partial charge in [0.1, 0.15) is 17.8 Å². The zero-order chi connectivity index (χ0) is 21.7. The van der Waals surface area contributed by atoms with E-state index in [1.54, 1.807) is 24.3 Å². The van der Waals surface area contributed by atoms with Gasteiger partial charge in [-0.15, -0.1) is 0 Å². The Bertz CT molecular complexity index is 1270. The van der Waals surface area contributed by atoms with E-state index in [4.69, 9.17) is 8.83 Å². The summed E-state index contributed by atoms with van der Waals surface area (Å²) >= 11 is 0. The van der Waals surface area contributed by atoms with E-state index < -0.39 is 15.8 Å². The van der Waals surface area contributed by atoms with Gasteiger partial charge >= 0.3 is 0 Å². The molecule has 6 nitrogen and oxygen atoms in total. The Hall–Kier alpha value is -3.49. The van der Waals surface area contributed by atoms with Crippen LogP contribution in [-0.4, -0.2) is 17.7 Å². The molecule has 0 amide bonds. The summed E-state index contributed by atoms with van der Waals surface area (Å²) in [6.07, 6.45) is 4.38. The van der Waals surface area contributed by atoms with E-state index in [0.717, 1.165) is 11.0 Å². The monoisotopic (exact) mass is 438 g/mol. The van der Waals surface area contributed by atoms with Crippen LogP contribution in [0.25, 0.3) is 17.5 Å². The van der Waals surface area contributed by atoms with Crippen LogP contribution in [0.2, 0.25) is 0 Å². The van der Waals surface area contributed by atoms with E-state index in [0.29, 0.717) is 17.0 Å². The van der Waals surface area contributed by atoms with Crippen molar-refractivity contribution in [1.82, 2.24) is 9.29 Å². The fraction of sp³-hybridized carbons (Fsp3) is 0.0870. The predicted octanol–water partition coefficient (Wildman–Crippen LogP) is 5.08. The second-order valence-electron chi connectivity index (χ2n) is 6.76. The minimum atomic E-state index is -3.81. The van der Waals surface area contributed by atoms with Crippen molar-refractivity contribution in [3.8, 4) is 11.5 Å². The zero-order valence-electron chi connectivity index (χ0n) is 16.4. The van der Waals surface area contributed by atoms with Gasteiger partial charge in [0.25, 0.3) is 0 Å². The van der Waals surface area contributed by atoms with Gasteiger partial charge in [-0.25, -0.2) is 17.8 Å². The molecule has 158 valence electrons. The fourth-order valence-electron chi connectivity index (χ4n) is 2.94. The third-order valence-electron chi connectivity index (χ3n) is 4.47. The molecule has 0 aliphatic rings. The number of halogens is 1. The van der Waals surface area contributed by atoms with Crippen molar-refractivity contribution in [3.63, 3.8) is 0 Å². The van der Waals surface area contributed by atoms with E-state index in [9.17, 15) is 12.8 Å². The number of furan rings is 1. The van der Waals surface area contributed by atoms with Gasteiger partial charge in [0, 0.05) is 11.0 Å². The van der Waals surface area contributed by atoms with Gasteiger partial charge in [-0.05, 0) is 42.0 Å². The number of rotatable bonds is 8. The number of benzene rings is 2. The highest BCUT2D eigenvalue weighted by Gasteiger charge is 2.23. The minimum absolute atomic E-state index is 0.0244. The minimum Gasteiger partial charge on any atom is -0.468 e. The molecule has 0 aliphatic carbocycles. The van der Waals surface area contributed by atoms with Crippen LogP contribution in [0.4, 0.5) is 4.39 Å². The number of hydrogen-bond acceptors (Lipinski definition) is 5. The summed E-state index contributed by atoms with van der Waals surface area (Å²) in [6.45, 7) is -0.0163. The first kappa shape index (κ1) is 20.8. The van der Waals surface area contributed by atoms with Gasteiger partial charge in [-0.1, -0.05) is 36.4 Å². The van der Waals surface area contributed by atoms with Gasteiger partial charge < -0.3 is 8.83 Å². The SMILES string of the molecule is O=S(=O)(C=Cc1ccccc1)N(Cc1coc(-c2cccc(F)c2)n1)Cc1ccco1. The molecule has 8 heteroatoms. The molecule has 31 heavy (non-hydrogen) atoms. The molecule has 0 radical (unpaired) electrons. The number of hydrogen-bond donors (Lipinski definition) is 0. The first-order valence-corrected chi connectivity index (χ1v) is 11.0. The number of sulfonamides is 1. The lowest BCUT2D eigenvalue weighted by Crippen LogP contribution is -2.28. The van der Waals surface area contributed by atoms with Crippen LogP contribution in [0.5, 0.6) is 0 Å². The van der Waals surface area contributed by atoms with E-state index in [1.165, 1.54) is 35.0 Å². The Morgan fingerprint density at radius 2 is 1.81 bits per heavy atom. The Kier molecular flexibility index (Phi) is 6.11. The van der Waals surface area contributed by atoms with E-state index in [-0.39, 0.29) is 19.0 Å². The molecule has 4 rings (SSSR count). The fourth-order valence-corrected chi connectivity index (χ4v) is 4.06. The summed E-state index contributed by atoms with van der Waals surface area (Å²) in [5.41, 5.74) is 1.62. The van der Waals surface area contributed by atoms with E-state index in [1.807, 2.05) is 30.3 Å². The van der Waals surface area contributed by atoms with E-state index in [2.05, 4.69) is 4.98 Å². The molecule has 2 aromatic carbocycles. The molecule has 2 aromatic heterocycles. The maximum absolute atomic E-state index is 13.5. The van der Waals surface area contributed by atoms with Gasteiger partial charge in [0.15, 0.2) is 0 Å². The summed E-state index contributed by atoms with van der Waals surface area (Å²) < 4.78 is 51.6.